The van der Waals surface area contributed by atoms with Crippen LogP contribution in [0.4, 0.5) is 0 Å². The number of aryl methyl sites for hydroxylation is 1. The first kappa shape index (κ1) is 18.9. The summed E-state index contributed by atoms with van der Waals surface area (Å²) in [5, 5.41) is 19.1. The second-order valence-electron chi connectivity index (χ2n) is 5.97. The summed E-state index contributed by atoms with van der Waals surface area (Å²) in [6, 6.07) is 8.53. The fraction of sp³-hybridized carbons (Fsp3) is 0.294. The van der Waals surface area contributed by atoms with Crippen LogP contribution in [-0.2, 0) is 20.6 Å². The van der Waals surface area contributed by atoms with Crippen molar-refractivity contribution < 1.29 is 9.84 Å². The van der Waals surface area contributed by atoms with E-state index in [1.807, 2.05) is 6.07 Å². The van der Waals surface area contributed by atoms with Crippen molar-refractivity contribution in [3.05, 3.63) is 55.4 Å². The monoisotopic (exact) mass is 433 g/mol. The van der Waals surface area contributed by atoms with Crippen molar-refractivity contribution in [3.8, 4) is 11.8 Å². The van der Waals surface area contributed by atoms with Crippen molar-refractivity contribution in [2.75, 3.05) is 6.61 Å². The van der Waals surface area contributed by atoms with E-state index in [1.54, 1.807) is 28.8 Å². The smallest absolute Gasteiger partial charge is 0.332 e. The number of aromatic nitrogens is 4. The van der Waals surface area contributed by atoms with Gasteiger partial charge in [-0.3, -0.25) is 13.9 Å². The van der Waals surface area contributed by atoms with E-state index < -0.39 is 17.4 Å². The lowest BCUT2D eigenvalue weighted by atomic mass is 10.2. The highest BCUT2D eigenvalue weighted by atomic mass is 79.9. The summed E-state index contributed by atoms with van der Waals surface area (Å²) in [5.74, 6) is 0.517. The predicted octanol–water partition coefficient (Wildman–Crippen LogP) is 0.508. The Morgan fingerprint density at radius 2 is 1.93 bits per heavy atom. The number of imidazole rings is 1. The highest BCUT2D eigenvalue weighted by Crippen LogP contribution is 2.18. The Kier molecular flexibility index (Phi) is 5.16. The Labute approximate surface area is 161 Å². The zero-order valence-corrected chi connectivity index (χ0v) is 16.2. The first-order chi connectivity index (χ1) is 12.8. The van der Waals surface area contributed by atoms with Crippen molar-refractivity contribution in [1.82, 2.24) is 18.7 Å². The molecule has 3 aromatic rings. The highest BCUT2D eigenvalue weighted by Gasteiger charge is 2.19. The quantitative estimate of drug-likeness (QED) is 0.586. The second-order valence-corrected chi connectivity index (χ2v) is 6.68. The maximum Gasteiger partial charge on any atom is 0.332 e. The third kappa shape index (κ3) is 3.51. The number of aliphatic hydroxyl groups is 1. The average molecular weight is 434 g/mol. The first-order valence-electron chi connectivity index (χ1n) is 7.96. The number of hydrogen-bond donors (Lipinski definition) is 1. The van der Waals surface area contributed by atoms with Gasteiger partial charge in [0.15, 0.2) is 15.9 Å². The molecule has 3 rings (SSSR count). The molecular weight excluding hydrogens is 418 g/mol. The van der Waals surface area contributed by atoms with E-state index >= 15 is 0 Å². The molecule has 0 aliphatic heterocycles. The normalized spacial score (nSPS) is 12.1. The highest BCUT2D eigenvalue weighted by molar-refractivity contribution is 9.10. The van der Waals surface area contributed by atoms with Crippen LogP contribution in [0.15, 0.2) is 38.6 Å². The van der Waals surface area contributed by atoms with Crippen LogP contribution in [0.3, 0.4) is 0 Å². The summed E-state index contributed by atoms with van der Waals surface area (Å²) < 4.78 is 9.69. The molecule has 9 nitrogen and oxygen atoms in total. The number of benzene rings is 1. The number of nitriles is 1. The molecule has 0 radical (unpaired) electrons. The lowest BCUT2D eigenvalue weighted by molar-refractivity contribution is 0.0926. The van der Waals surface area contributed by atoms with Gasteiger partial charge in [-0.1, -0.05) is 0 Å². The summed E-state index contributed by atoms with van der Waals surface area (Å²) in [6.45, 7) is 0.0462. The van der Waals surface area contributed by atoms with Crippen molar-refractivity contribution in [2.24, 2.45) is 14.1 Å². The Balaban J connectivity index is 1.83. The fourth-order valence-electron chi connectivity index (χ4n) is 2.71. The van der Waals surface area contributed by atoms with Crippen LogP contribution in [0.25, 0.3) is 11.2 Å². The molecule has 0 spiro atoms. The lowest BCUT2D eigenvalue weighted by Crippen LogP contribution is -2.37. The number of hydrogen-bond acceptors (Lipinski definition) is 6. The van der Waals surface area contributed by atoms with Gasteiger partial charge < -0.3 is 14.4 Å². The minimum absolute atomic E-state index is 0.0171. The van der Waals surface area contributed by atoms with Gasteiger partial charge in [0.2, 0.25) is 0 Å². The zero-order chi connectivity index (χ0) is 19.7. The molecule has 0 saturated heterocycles. The van der Waals surface area contributed by atoms with E-state index in [0.29, 0.717) is 21.7 Å². The minimum Gasteiger partial charge on any atom is -0.491 e. The largest absolute Gasteiger partial charge is 0.491 e. The van der Waals surface area contributed by atoms with Crippen molar-refractivity contribution in [1.29, 1.82) is 5.26 Å². The van der Waals surface area contributed by atoms with Gasteiger partial charge in [0.25, 0.3) is 5.56 Å². The number of fused-ring (bicyclic) bond motifs is 1. The third-order valence-corrected chi connectivity index (χ3v) is 4.72. The van der Waals surface area contributed by atoms with Crippen LogP contribution in [0.1, 0.15) is 5.56 Å². The maximum atomic E-state index is 12.3. The molecule has 0 bridgehead atoms. The summed E-state index contributed by atoms with van der Waals surface area (Å²) in [6.07, 6.45) is -0.923. The molecule has 1 atom stereocenters. The molecule has 1 aromatic carbocycles. The Bertz CT molecular complexity index is 1150. The summed E-state index contributed by atoms with van der Waals surface area (Å²) in [5.41, 5.74) is -0.0290. The van der Waals surface area contributed by atoms with Crippen molar-refractivity contribution in [2.45, 2.75) is 12.6 Å². The molecule has 140 valence electrons. The Morgan fingerprint density at radius 3 is 2.56 bits per heavy atom. The molecule has 0 saturated carbocycles. The van der Waals surface area contributed by atoms with Gasteiger partial charge in [-0.05, 0) is 40.2 Å². The van der Waals surface area contributed by atoms with Crippen LogP contribution in [0, 0.1) is 11.3 Å². The summed E-state index contributed by atoms with van der Waals surface area (Å²) in [4.78, 5) is 28.6. The lowest BCUT2D eigenvalue weighted by Gasteiger charge is -2.15. The maximum absolute atomic E-state index is 12.3. The zero-order valence-electron chi connectivity index (χ0n) is 14.6. The topological polar surface area (TPSA) is 115 Å². The standard InChI is InChI=1S/C17H16BrN5O4/c1-21-14-13(15(25)22(2)17(21)26)20-16(18)23(14)8-11(24)9-27-12-5-3-10(7-19)4-6-12/h3-6,11,24H,8-9H2,1-2H3. The van der Waals surface area contributed by atoms with E-state index in [9.17, 15) is 14.7 Å². The van der Waals surface area contributed by atoms with Gasteiger partial charge >= 0.3 is 5.69 Å². The van der Waals surface area contributed by atoms with Crippen LogP contribution in [-0.4, -0.2) is 36.5 Å². The number of ether oxygens (including phenoxy) is 1. The third-order valence-electron chi connectivity index (χ3n) is 4.11. The molecule has 0 aliphatic rings. The molecule has 0 amide bonds. The number of nitrogens with zero attached hydrogens (tertiary/aromatic N) is 5. The van der Waals surface area contributed by atoms with Gasteiger partial charge in [-0.2, -0.15) is 5.26 Å². The van der Waals surface area contributed by atoms with Crippen molar-refractivity contribution >= 4 is 27.1 Å². The molecule has 2 heterocycles. The van der Waals surface area contributed by atoms with Crippen LogP contribution in [0.5, 0.6) is 5.75 Å². The molecule has 0 fully saturated rings. The van der Waals surface area contributed by atoms with E-state index in [4.69, 9.17) is 10.00 Å². The minimum atomic E-state index is -0.923. The van der Waals surface area contributed by atoms with Gasteiger partial charge in [0.05, 0.1) is 18.2 Å². The van der Waals surface area contributed by atoms with Gasteiger partial charge in [0.1, 0.15) is 18.5 Å². The van der Waals surface area contributed by atoms with E-state index in [0.717, 1.165) is 4.57 Å². The van der Waals surface area contributed by atoms with E-state index in [2.05, 4.69) is 20.9 Å². The van der Waals surface area contributed by atoms with Crippen molar-refractivity contribution in [3.63, 3.8) is 0 Å². The number of halogens is 1. The van der Waals surface area contributed by atoms with E-state index in [-0.39, 0.29) is 18.7 Å². The van der Waals surface area contributed by atoms with Gasteiger partial charge in [0, 0.05) is 14.1 Å². The molecular formula is C17H16BrN5O4. The molecule has 1 unspecified atom stereocenters. The summed E-state index contributed by atoms with van der Waals surface area (Å²) >= 11 is 3.27. The first-order valence-corrected chi connectivity index (χ1v) is 8.75. The van der Waals surface area contributed by atoms with Gasteiger partial charge in [-0.25, -0.2) is 9.78 Å². The Hall–Kier alpha value is -2.90. The van der Waals surface area contributed by atoms with Crippen LogP contribution < -0.4 is 16.0 Å². The number of rotatable bonds is 5. The van der Waals surface area contributed by atoms with Gasteiger partial charge in [-0.15, -0.1) is 0 Å². The molecule has 10 heteroatoms. The molecule has 2 aromatic heterocycles. The van der Waals surface area contributed by atoms with Crippen LogP contribution in [0.2, 0.25) is 0 Å². The molecule has 27 heavy (non-hydrogen) atoms. The van der Waals surface area contributed by atoms with E-state index in [1.165, 1.54) is 18.7 Å². The predicted molar refractivity (Wildman–Crippen MR) is 101 cm³/mol. The summed E-state index contributed by atoms with van der Waals surface area (Å²) in [7, 11) is 2.92. The SMILES string of the molecule is Cn1c(=O)c2nc(Br)n(CC(O)COc3ccc(C#N)cc3)c2n(C)c1=O. The fourth-order valence-corrected chi connectivity index (χ4v) is 3.20. The Morgan fingerprint density at radius 1 is 1.26 bits per heavy atom. The molecule has 1 N–H and O–H groups in total. The molecule has 0 aliphatic carbocycles. The van der Waals surface area contributed by atoms with Crippen LogP contribution >= 0.6 is 15.9 Å². The number of aliphatic hydroxyl groups excluding tert-OH is 1. The second kappa shape index (κ2) is 7.38. The average Bonchev–Trinajstić information content (AvgIpc) is 2.99.